The van der Waals surface area contributed by atoms with E-state index in [0.29, 0.717) is 32.5 Å². The van der Waals surface area contributed by atoms with E-state index in [4.69, 9.17) is 9.84 Å². The largest absolute Gasteiger partial charge is 0.481 e. The van der Waals surface area contributed by atoms with Gasteiger partial charge in [-0.05, 0) is 47.9 Å². The van der Waals surface area contributed by atoms with E-state index >= 15 is 0 Å². The van der Waals surface area contributed by atoms with E-state index < -0.39 is 5.97 Å². The summed E-state index contributed by atoms with van der Waals surface area (Å²) in [6, 6.07) is 16.6. The summed E-state index contributed by atoms with van der Waals surface area (Å²) in [7, 11) is 0. The van der Waals surface area contributed by atoms with Crippen molar-refractivity contribution in [1.29, 1.82) is 0 Å². The van der Waals surface area contributed by atoms with Gasteiger partial charge in [-0.2, -0.15) is 0 Å². The molecule has 2 aromatic carbocycles. The summed E-state index contributed by atoms with van der Waals surface area (Å²) >= 11 is 0. The van der Waals surface area contributed by atoms with Gasteiger partial charge in [0.2, 0.25) is 0 Å². The smallest absolute Gasteiger partial charge is 0.409 e. The van der Waals surface area contributed by atoms with Gasteiger partial charge in [0.1, 0.15) is 6.61 Å². The Hall–Kier alpha value is -2.82. The molecule has 2 aliphatic carbocycles. The van der Waals surface area contributed by atoms with Crippen molar-refractivity contribution >= 4 is 12.1 Å². The average Bonchev–Trinajstić information content (AvgIpc) is 3.04. The van der Waals surface area contributed by atoms with E-state index in [2.05, 4.69) is 24.3 Å². The molecule has 150 valence electrons. The van der Waals surface area contributed by atoms with Crippen LogP contribution >= 0.6 is 0 Å². The molecule has 1 saturated heterocycles. The number of carbonyl (C=O) groups is 2. The Morgan fingerprint density at radius 3 is 2.07 bits per heavy atom. The normalized spacial score (nSPS) is 20.1. The van der Waals surface area contributed by atoms with Gasteiger partial charge < -0.3 is 14.7 Å². The monoisotopic (exact) mass is 391 g/mol. The lowest BCUT2D eigenvalue weighted by Crippen LogP contribution is -2.59. The van der Waals surface area contributed by atoms with Gasteiger partial charge in [-0.15, -0.1) is 0 Å². The fourth-order valence-corrected chi connectivity index (χ4v) is 5.37. The minimum absolute atomic E-state index is 0.0765. The van der Waals surface area contributed by atoms with Gasteiger partial charge in [0.05, 0.1) is 5.92 Å². The molecule has 2 fully saturated rings. The number of nitrogens with zero attached hydrogens (tertiary/aromatic N) is 1. The molecule has 1 N–H and O–H groups in total. The number of carboxylic acid groups (broad SMARTS) is 1. The van der Waals surface area contributed by atoms with Crippen molar-refractivity contribution < 1.29 is 19.4 Å². The Labute approximate surface area is 170 Å². The molecule has 1 saturated carbocycles. The lowest BCUT2D eigenvalue weighted by Gasteiger charge is -2.52. The maximum Gasteiger partial charge on any atom is 0.409 e. The molecular formula is C24H25NO4. The number of ether oxygens (including phenoxy) is 1. The molecule has 5 heteroatoms. The van der Waals surface area contributed by atoms with Crippen LogP contribution in [0.15, 0.2) is 48.5 Å². The van der Waals surface area contributed by atoms with Gasteiger partial charge in [0.15, 0.2) is 0 Å². The van der Waals surface area contributed by atoms with Crippen molar-refractivity contribution in [1.82, 2.24) is 4.90 Å². The van der Waals surface area contributed by atoms with E-state index in [0.717, 1.165) is 12.8 Å². The molecule has 0 unspecified atom stereocenters. The predicted molar refractivity (Wildman–Crippen MR) is 109 cm³/mol. The number of amides is 1. The number of fused-ring (bicyclic) bond motifs is 3. The second-order valence-corrected chi connectivity index (χ2v) is 8.77. The van der Waals surface area contributed by atoms with E-state index in [9.17, 15) is 9.59 Å². The summed E-state index contributed by atoms with van der Waals surface area (Å²) in [5.41, 5.74) is 4.99. The van der Waals surface area contributed by atoms with Crippen LogP contribution in [0.4, 0.5) is 4.79 Å². The first-order chi connectivity index (χ1) is 14.1. The summed E-state index contributed by atoms with van der Waals surface area (Å²) in [5.74, 6) is -0.829. The number of likely N-dealkylation sites (tertiary alicyclic amines) is 1. The molecule has 1 heterocycles. The molecule has 0 aromatic heterocycles. The molecule has 1 aliphatic heterocycles. The van der Waals surface area contributed by atoms with E-state index in [-0.39, 0.29) is 23.3 Å². The molecule has 5 nitrogen and oxygen atoms in total. The summed E-state index contributed by atoms with van der Waals surface area (Å²) in [4.78, 5) is 25.5. The Morgan fingerprint density at radius 2 is 1.52 bits per heavy atom. The van der Waals surface area contributed by atoms with Crippen LogP contribution in [0, 0.1) is 11.3 Å². The van der Waals surface area contributed by atoms with Crippen molar-refractivity contribution in [3.05, 3.63) is 59.7 Å². The highest BCUT2D eigenvalue weighted by Gasteiger charge is 2.48. The van der Waals surface area contributed by atoms with Gasteiger partial charge in [-0.1, -0.05) is 48.5 Å². The number of rotatable bonds is 3. The fourth-order valence-electron chi connectivity index (χ4n) is 5.37. The van der Waals surface area contributed by atoms with Crippen molar-refractivity contribution in [3.8, 4) is 11.1 Å². The third kappa shape index (κ3) is 3.09. The standard InChI is InChI=1S/C24H25NO4/c26-22(27)16-9-11-24(12-10-16)14-25(15-24)23(28)29-13-21-19-7-3-1-5-17(19)18-6-2-4-8-20(18)21/h1-8,16,21H,9-15H2,(H,26,27). The maximum atomic E-state index is 12.6. The van der Waals surface area contributed by atoms with Gasteiger partial charge >= 0.3 is 12.1 Å². The topological polar surface area (TPSA) is 66.8 Å². The van der Waals surface area contributed by atoms with Crippen LogP contribution in [0.25, 0.3) is 11.1 Å². The molecule has 0 radical (unpaired) electrons. The second-order valence-electron chi connectivity index (χ2n) is 8.77. The molecule has 0 bridgehead atoms. The Kier molecular flexibility index (Phi) is 4.34. The molecule has 0 atom stereocenters. The van der Waals surface area contributed by atoms with E-state index in [1.54, 1.807) is 4.90 Å². The average molecular weight is 391 g/mol. The molecular weight excluding hydrogens is 366 g/mol. The zero-order valence-electron chi connectivity index (χ0n) is 16.3. The van der Waals surface area contributed by atoms with Crippen LogP contribution in [0.3, 0.4) is 0 Å². The van der Waals surface area contributed by atoms with Crippen LogP contribution < -0.4 is 0 Å². The lowest BCUT2D eigenvalue weighted by molar-refractivity contribution is -0.145. The highest BCUT2D eigenvalue weighted by Crippen LogP contribution is 2.47. The van der Waals surface area contributed by atoms with Gasteiger partial charge in [0, 0.05) is 24.4 Å². The Balaban J connectivity index is 1.20. The SMILES string of the molecule is O=C(O)C1CCC2(CC1)CN(C(=O)OCC1c3ccccc3-c3ccccc31)C2. The molecule has 1 spiro atoms. The number of benzene rings is 2. The van der Waals surface area contributed by atoms with Gasteiger partial charge in [-0.25, -0.2) is 4.79 Å². The van der Waals surface area contributed by atoms with Crippen LogP contribution in [-0.2, 0) is 9.53 Å². The first-order valence-electron chi connectivity index (χ1n) is 10.4. The molecule has 5 rings (SSSR count). The lowest BCUT2D eigenvalue weighted by atomic mass is 9.66. The number of hydrogen-bond acceptors (Lipinski definition) is 3. The predicted octanol–water partition coefficient (Wildman–Crippen LogP) is 4.51. The number of aliphatic carboxylic acids is 1. The number of carboxylic acids is 1. The maximum absolute atomic E-state index is 12.6. The third-order valence-electron chi connectivity index (χ3n) is 7.04. The number of hydrogen-bond donors (Lipinski definition) is 1. The molecule has 2 aromatic rings. The minimum Gasteiger partial charge on any atom is -0.481 e. The summed E-state index contributed by atoms with van der Waals surface area (Å²) in [6.45, 7) is 1.73. The summed E-state index contributed by atoms with van der Waals surface area (Å²) < 4.78 is 5.73. The zero-order chi connectivity index (χ0) is 20.0. The summed E-state index contributed by atoms with van der Waals surface area (Å²) in [6.07, 6.45) is 2.95. The molecule has 1 amide bonds. The van der Waals surface area contributed by atoms with E-state index in [1.165, 1.54) is 22.3 Å². The second kappa shape index (κ2) is 6.90. The van der Waals surface area contributed by atoms with E-state index in [1.807, 2.05) is 24.3 Å². The van der Waals surface area contributed by atoms with Crippen molar-refractivity contribution in [2.45, 2.75) is 31.6 Å². The highest BCUT2D eigenvalue weighted by molar-refractivity contribution is 5.79. The van der Waals surface area contributed by atoms with Crippen molar-refractivity contribution in [2.75, 3.05) is 19.7 Å². The first-order valence-corrected chi connectivity index (χ1v) is 10.4. The van der Waals surface area contributed by atoms with Crippen molar-refractivity contribution in [3.63, 3.8) is 0 Å². The molecule has 3 aliphatic rings. The van der Waals surface area contributed by atoms with Crippen LogP contribution in [0.1, 0.15) is 42.7 Å². The Morgan fingerprint density at radius 1 is 0.966 bits per heavy atom. The Bertz CT molecular complexity index is 907. The quantitative estimate of drug-likeness (QED) is 0.836. The molecule has 29 heavy (non-hydrogen) atoms. The third-order valence-corrected chi connectivity index (χ3v) is 7.04. The van der Waals surface area contributed by atoms with Gasteiger partial charge in [0.25, 0.3) is 0 Å². The van der Waals surface area contributed by atoms with Gasteiger partial charge in [-0.3, -0.25) is 4.79 Å². The van der Waals surface area contributed by atoms with Crippen molar-refractivity contribution in [2.24, 2.45) is 11.3 Å². The van der Waals surface area contributed by atoms with Crippen LogP contribution in [0.5, 0.6) is 0 Å². The minimum atomic E-state index is -0.687. The fraction of sp³-hybridized carbons (Fsp3) is 0.417. The highest BCUT2D eigenvalue weighted by atomic mass is 16.6. The number of carbonyl (C=O) groups excluding carboxylic acids is 1. The van der Waals surface area contributed by atoms with Crippen LogP contribution in [0.2, 0.25) is 0 Å². The van der Waals surface area contributed by atoms with Crippen LogP contribution in [-0.4, -0.2) is 41.8 Å². The summed E-state index contributed by atoms with van der Waals surface area (Å²) in [5, 5.41) is 9.17. The zero-order valence-corrected chi connectivity index (χ0v) is 16.3. The first kappa shape index (κ1) is 18.2.